The zero-order valence-electron chi connectivity index (χ0n) is 9.91. The Kier molecular flexibility index (Phi) is 3.94. The number of nitro groups is 1. The molecule has 0 aliphatic carbocycles. The van der Waals surface area contributed by atoms with Gasteiger partial charge in [0.25, 0.3) is 0 Å². The maximum atomic E-state index is 11.0. The number of rotatable bonds is 4. The van der Waals surface area contributed by atoms with E-state index in [0.29, 0.717) is 10.2 Å². The van der Waals surface area contributed by atoms with Crippen molar-refractivity contribution < 1.29 is 14.8 Å². The maximum absolute atomic E-state index is 11.0. The summed E-state index contributed by atoms with van der Waals surface area (Å²) in [6.45, 7) is 0. The Morgan fingerprint density at radius 1 is 1.40 bits per heavy atom. The van der Waals surface area contributed by atoms with Gasteiger partial charge in [-0.3, -0.25) is 10.1 Å². The molecule has 0 saturated carbocycles. The number of pyridine rings is 1. The molecule has 0 spiro atoms. The van der Waals surface area contributed by atoms with Crippen molar-refractivity contribution in [1.82, 2.24) is 4.98 Å². The molecular formula is C12H8BrN3O4. The second-order valence-electron chi connectivity index (χ2n) is 3.75. The summed E-state index contributed by atoms with van der Waals surface area (Å²) in [7, 11) is 0. The van der Waals surface area contributed by atoms with E-state index in [1.807, 2.05) is 0 Å². The molecule has 7 nitrogen and oxygen atoms in total. The van der Waals surface area contributed by atoms with E-state index in [4.69, 9.17) is 5.11 Å². The fourth-order valence-electron chi connectivity index (χ4n) is 1.54. The lowest BCUT2D eigenvalue weighted by Gasteiger charge is -2.07. The Balaban J connectivity index is 2.38. The molecule has 2 N–H and O–H groups in total. The van der Waals surface area contributed by atoms with Gasteiger partial charge in [-0.1, -0.05) is 0 Å². The molecule has 102 valence electrons. The number of halogens is 1. The van der Waals surface area contributed by atoms with Crippen molar-refractivity contribution in [2.24, 2.45) is 0 Å². The van der Waals surface area contributed by atoms with Gasteiger partial charge in [0.15, 0.2) is 0 Å². The third-order valence-electron chi connectivity index (χ3n) is 2.44. The second-order valence-corrected chi connectivity index (χ2v) is 4.61. The highest BCUT2D eigenvalue weighted by Gasteiger charge is 2.15. The van der Waals surface area contributed by atoms with Gasteiger partial charge in [-0.2, -0.15) is 0 Å². The Bertz CT molecular complexity index is 690. The molecule has 0 atom stereocenters. The van der Waals surface area contributed by atoms with Gasteiger partial charge in [-0.15, -0.1) is 0 Å². The molecule has 8 heteroatoms. The highest BCUT2D eigenvalue weighted by molar-refractivity contribution is 9.10. The van der Waals surface area contributed by atoms with Crippen LogP contribution in [0.1, 0.15) is 10.4 Å². The molecule has 2 rings (SSSR count). The first-order valence-corrected chi connectivity index (χ1v) is 6.17. The van der Waals surface area contributed by atoms with Gasteiger partial charge in [0.05, 0.1) is 10.5 Å². The zero-order chi connectivity index (χ0) is 14.7. The number of nitrogens with zero attached hydrogens (tertiary/aromatic N) is 2. The van der Waals surface area contributed by atoms with Crippen LogP contribution in [-0.2, 0) is 0 Å². The number of aromatic nitrogens is 1. The third-order valence-corrected chi connectivity index (χ3v) is 3.13. The fraction of sp³-hybridized carbons (Fsp3) is 0. The molecule has 0 amide bonds. The average Bonchev–Trinajstić information content (AvgIpc) is 2.41. The van der Waals surface area contributed by atoms with Crippen molar-refractivity contribution in [3.63, 3.8) is 0 Å². The first-order valence-electron chi connectivity index (χ1n) is 5.38. The SMILES string of the molecule is O=C(O)c1cc(Nc2ncccc2[N+](=O)[O-])ccc1Br. The quantitative estimate of drug-likeness (QED) is 0.655. The van der Waals surface area contributed by atoms with Crippen molar-refractivity contribution in [2.75, 3.05) is 5.32 Å². The summed E-state index contributed by atoms with van der Waals surface area (Å²) in [5.74, 6) is -1.05. The minimum Gasteiger partial charge on any atom is -0.478 e. The molecule has 0 aliphatic rings. The highest BCUT2D eigenvalue weighted by Crippen LogP contribution is 2.27. The number of hydrogen-bond donors (Lipinski definition) is 2. The van der Waals surface area contributed by atoms with Crippen molar-refractivity contribution in [3.05, 3.63) is 56.7 Å². The van der Waals surface area contributed by atoms with Crippen molar-refractivity contribution >= 4 is 39.1 Å². The zero-order valence-corrected chi connectivity index (χ0v) is 11.5. The van der Waals surface area contributed by atoms with Crippen LogP contribution in [0.5, 0.6) is 0 Å². The van der Waals surface area contributed by atoms with E-state index in [2.05, 4.69) is 26.2 Å². The van der Waals surface area contributed by atoms with Crippen molar-refractivity contribution in [2.45, 2.75) is 0 Å². The summed E-state index contributed by atoms with van der Waals surface area (Å²) in [5.41, 5.74) is 0.258. The molecule has 0 aliphatic heterocycles. The average molecular weight is 338 g/mol. The van der Waals surface area contributed by atoms with Crippen LogP contribution in [0, 0.1) is 10.1 Å². The van der Waals surface area contributed by atoms with Crippen LogP contribution >= 0.6 is 15.9 Å². The molecule has 0 saturated heterocycles. The minimum absolute atomic E-state index is 0.0496. The molecule has 1 aromatic carbocycles. The Labute approximate surface area is 121 Å². The van der Waals surface area contributed by atoms with Gasteiger partial charge in [0.2, 0.25) is 5.82 Å². The number of anilines is 2. The molecule has 0 bridgehead atoms. The van der Waals surface area contributed by atoms with Crippen LogP contribution < -0.4 is 5.32 Å². The number of hydrogen-bond acceptors (Lipinski definition) is 5. The normalized spacial score (nSPS) is 10.1. The number of nitrogens with one attached hydrogen (secondary N) is 1. The molecule has 20 heavy (non-hydrogen) atoms. The molecule has 1 heterocycles. The highest BCUT2D eigenvalue weighted by atomic mass is 79.9. The lowest BCUT2D eigenvalue weighted by molar-refractivity contribution is -0.384. The summed E-state index contributed by atoms with van der Waals surface area (Å²) >= 11 is 3.12. The molecule has 0 fully saturated rings. The van der Waals surface area contributed by atoms with E-state index >= 15 is 0 Å². The summed E-state index contributed by atoms with van der Waals surface area (Å²) < 4.78 is 0.422. The lowest BCUT2D eigenvalue weighted by atomic mass is 10.2. The Hall–Kier alpha value is -2.48. The standard InChI is InChI=1S/C12H8BrN3O4/c13-9-4-3-7(6-8(9)12(17)18)15-11-10(16(19)20)2-1-5-14-11/h1-6H,(H,14,15)(H,17,18). The van der Waals surface area contributed by atoms with Crippen LogP contribution in [0.3, 0.4) is 0 Å². The van der Waals surface area contributed by atoms with Crippen molar-refractivity contribution in [3.8, 4) is 0 Å². The smallest absolute Gasteiger partial charge is 0.336 e. The van der Waals surface area contributed by atoms with Gasteiger partial charge in [-0.05, 0) is 40.2 Å². The summed E-state index contributed by atoms with van der Waals surface area (Å²) in [6, 6.07) is 7.26. The predicted molar refractivity (Wildman–Crippen MR) is 75.3 cm³/mol. The van der Waals surface area contributed by atoms with Crippen LogP contribution in [0.15, 0.2) is 41.0 Å². The van der Waals surface area contributed by atoms with Gasteiger partial charge in [0.1, 0.15) is 0 Å². The van der Waals surface area contributed by atoms with Gasteiger partial charge < -0.3 is 10.4 Å². The Morgan fingerprint density at radius 3 is 2.80 bits per heavy atom. The van der Waals surface area contributed by atoms with Gasteiger partial charge in [-0.25, -0.2) is 9.78 Å². The first kappa shape index (κ1) is 13.9. The topological polar surface area (TPSA) is 105 Å². The van der Waals surface area contributed by atoms with Crippen LogP contribution in [0.25, 0.3) is 0 Å². The molecule has 0 unspecified atom stereocenters. The van der Waals surface area contributed by atoms with Gasteiger partial charge in [0, 0.05) is 22.4 Å². The fourth-order valence-corrected chi connectivity index (χ4v) is 1.96. The van der Waals surface area contributed by atoms with E-state index < -0.39 is 10.9 Å². The summed E-state index contributed by atoms with van der Waals surface area (Å²) in [5, 5.41) is 22.6. The van der Waals surface area contributed by atoms with E-state index in [1.54, 1.807) is 12.1 Å². The van der Waals surface area contributed by atoms with E-state index in [9.17, 15) is 14.9 Å². The predicted octanol–water partition coefficient (Wildman–Crippen LogP) is 3.19. The molecule has 1 aromatic heterocycles. The second kappa shape index (κ2) is 5.66. The number of benzene rings is 1. The van der Waals surface area contributed by atoms with E-state index in [0.717, 1.165) is 0 Å². The van der Waals surface area contributed by atoms with Crippen LogP contribution in [0.4, 0.5) is 17.2 Å². The van der Waals surface area contributed by atoms with E-state index in [1.165, 1.54) is 24.4 Å². The van der Waals surface area contributed by atoms with Crippen LogP contribution in [-0.4, -0.2) is 21.0 Å². The first-order chi connectivity index (χ1) is 9.49. The van der Waals surface area contributed by atoms with E-state index in [-0.39, 0.29) is 17.1 Å². The summed E-state index contributed by atoms with van der Waals surface area (Å²) in [4.78, 5) is 25.2. The summed E-state index contributed by atoms with van der Waals surface area (Å²) in [6.07, 6.45) is 1.41. The van der Waals surface area contributed by atoms with Gasteiger partial charge >= 0.3 is 11.7 Å². The number of carboxylic acids is 1. The number of carboxylic acid groups (broad SMARTS) is 1. The molecule has 2 aromatic rings. The lowest BCUT2D eigenvalue weighted by Crippen LogP contribution is -2.02. The Morgan fingerprint density at radius 2 is 2.15 bits per heavy atom. The maximum Gasteiger partial charge on any atom is 0.336 e. The number of carbonyl (C=O) groups is 1. The monoisotopic (exact) mass is 337 g/mol. The molecule has 0 radical (unpaired) electrons. The van der Waals surface area contributed by atoms with Crippen LogP contribution in [0.2, 0.25) is 0 Å². The minimum atomic E-state index is -1.10. The largest absolute Gasteiger partial charge is 0.478 e. The third kappa shape index (κ3) is 2.91. The number of aromatic carboxylic acids is 1. The van der Waals surface area contributed by atoms with Crippen molar-refractivity contribution in [1.29, 1.82) is 0 Å². The molecular weight excluding hydrogens is 330 g/mol.